The standard InChI is InChI=1S/C17H27N3O/c1-13(15(18)14-6-4-3-5-7-14)16(21)20-12-17(2)8-10-19-11-9-17/h3-7,13,15,19H,8-12,18H2,1-2H3,(H,20,21). The Morgan fingerprint density at radius 3 is 2.57 bits per heavy atom. The molecule has 1 aromatic rings. The van der Waals surface area contributed by atoms with Crippen molar-refractivity contribution in [1.29, 1.82) is 0 Å². The Kier molecular flexibility index (Phi) is 5.37. The molecule has 0 radical (unpaired) electrons. The summed E-state index contributed by atoms with van der Waals surface area (Å²) in [5.74, 6) is -0.177. The number of amides is 1. The summed E-state index contributed by atoms with van der Waals surface area (Å²) in [6.07, 6.45) is 2.21. The van der Waals surface area contributed by atoms with Crippen LogP contribution in [0.3, 0.4) is 0 Å². The summed E-state index contributed by atoms with van der Waals surface area (Å²) in [6, 6.07) is 9.56. The predicted octanol–water partition coefficient (Wildman–Crippen LogP) is 1.83. The fourth-order valence-corrected chi connectivity index (χ4v) is 2.80. The fourth-order valence-electron chi connectivity index (χ4n) is 2.80. The zero-order chi connectivity index (χ0) is 15.3. The molecule has 1 fully saturated rings. The molecule has 1 saturated heterocycles. The maximum Gasteiger partial charge on any atom is 0.224 e. The summed E-state index contributed by atoms with van der Waals surface area (Å²) in [5.41, 5.74) is 7.42. The van der Waals surface area contributed by atoms with Crippen LogP contribution in [-0.2, 0) is 4.79 Å². The van der Waals surface area contributed by atoms with Crippen molar-refractivity contribution in [2.75, 3.05) is 19.6 Å². The van der Waals surface area contributed by atoms with Crippen LogP contribution in [0.4, 0.5) is 0 Å². The van der Waals surface area contributed by atoms with Gasteiger partial charge in [0.2, 0.25) is 5.91 Å². The van der Waals surface area contributed by atoms with Crippen LogP contribution in [0.1, 0.15) is 38.3 Å². The van der Waals surface area contributed by atoms with E-state index in [-0.39, 0.29) is 23.3 Å². The van der Waals surface area contributed by atoms with Gasteiger partial charge in [0.15, 0.2) is 0 Å². The third-order valence-electron chi connectivity index (χ3n) is 4.64. The lowest BCUT2D eigenvalue weighted by atomic mass is 9.81. The Labute approximate surface area is 127 Å². The van der Waals surface area contributed by atoms with Gasteiger partial charge in [-0.05, 0) is 36.9 Å². The third-order valence-corrected chi connectivity index (χ3v) is 4.64. The van der Waals surface area contributed by atoms with E-state index < -0.39 is 0 Å². The molecule has 1 aromatic carbocycles. The van der Waals surface area contributed by atoms with E-state index in [4.69, 9.17) is 5.73 Å². The molecule has 4 N–H and O–H groups in total. The zero-order valence-electron chi connectivity index (χ0n) is 13.1. The molecule has 2 unspecified atom stereocenters. The lowest BCUT2D eigenvalue weighted by molar-refractivity contribution is -0.125. The Bertz CT molecular complexity index is 454. The van der Waals surface area contributed by atoms with Gasteiger partial charge < -0.3 is 16.4 Å². The van der Waals surface area contributed by atoms with E-state index in [1.807, 2.05) is 37.3 Å². The van der Waals surface area contributed by atoms with Crippen LogP contribution in [0.15, 0.2) is 30.3 Å². The Balaban J connectivity index is 1.87. The van der Waals surface area contributed by atoms with E-state index in [1.165, 1.54) is 0 Å². The molecular weight excluding hydrogens is 262 g/mol. The maximum atomic E-state index is 12.3. The molecule has 0 saturated carbocycles. The number of carbonyl (C=O) groups excluding carboxylic acids is 1. The van der Waals surface area contributed by atoms with Crippen molar-refractivity contribution < 1.29 is 4.79 Å². The van der Waals surface area contributed by atoms with E-state index in [0.29, 0.717) is 0 Å². The van der Waals surface area contributed by atoms with Gasteiger partial charge in [0.1, 0.15) is 0 Å². The minimum Gasteiger partial charge on any atom is -0.355 e. The van der Waals surface area contributed by atoms with Crippen LogP contribution in [0.5, 0.6) is 0 Å². The van der Waals surface area contributed by atoms with Gasteiger partial charge in [-0.25, -0.2) is 0 Å². The molecule has 21 heavy (non-hydrogen) atoms. The van der Waals surface area contributed by atoms with Crippen molar-refractivity contribution in [3.05, 3.63) is 35.9 Å². The quantitative estimate of drug-likeness (QED) is 0.774. The van der Waals surface area contributed by atoms with Crippen LogP contribution in [0.2, 0.25) is 0 Å². The van der Waals surface area contributed by atoms with Crippen LogP contribution >= 0.6 is 0 Å². The number of nitrogens with two attached hydrogens (primary N) is 1. The smallest absolute Gasteiger partial charge is 0.224 e. The van der Waals surface area contributed by atoms with E-state index in [9.17, 15) is 4.79 Å². The minimum absolute atomic E-state index is 0.0473. The van der Waals surface area contributed by atoms with Gasteiger partial charge in [0.25, 0.3) is 0 Å². The highest BCUT2D eigenvalue weighted by atomic mass is 16.1. The molecule has 1 aliphatic rings. The van der Waals surface area contributed by atoms with Gasteiger partial charge in [-0.3, -0.25) is 4.79 Å². The molecule has 1 amide bonds. The van der Waals surface area contributed by atoms with Gasteiger partial charge in [-0.2, -0.15) is 0 Å². The van der Waals surface area contributed by atoms with Gasteiger partial charge >= 0.3 is 0 Å². The van der Waals surface area contributed by atoms with Crippen molar-refractivity contribution in [3.63, 3.8) is 0 Å². The van der Waals surface area contributed by atoms with Crippen molar-refractivity contribution in [1.82, 2.24) is 10.6 Å². The second-order valence-electron chi connectivity index (χ2n) is 6.50. The van der Waals surface area contributed by atoms with Crippen molar-refractivity contribution >= 4 is 5.91 Å². The van der Waals surface area contributed by atoms with E-state index in [0.717, 1.165) is 38.0 Å². The Hall–Kier alpha value is -1.39. The summed E-state index contributed by atoms with van der Waals surface area (Å²) < 4.78 is 0. The highest BCUT2D eigenvalue weighted by molar-refractivity contribution is 5.79. The number of carbonyl (C=O) groups is 1. The number of nitrogens with one attached hydrogen (secondary N) is 2. The number of benzene rings is 1. The summed E-state index contributed by atoms with van der Waals surface area (Å²) in [6.45, 7) is 6.95. The average molecular weight is 289 g/mol. The lowest BCUT2D eigenvalue weighted by Gasteiger charge is -2.34. The van der Waals surface area contributed by atoms with Gasteiger partial charge in [0.05, 0.1) is 5.92 Å². The number of hydrogen-bond acceptors (Lipinski definition) is 3. The molecule has 4 nitrogen and oxygen atoms in total. The molecular formula is C17H27N3O. The first-order chi connectivity index (χ1) is 10.0. The van der Waals surface area contributed by atoms with Crippen LogP contribution in [0, 0.1) is 11.3 Å². The topological polar surface area (TPSA) is 67.2 Å². The molecule has 1 aliphatic heterocycles. The largest absolute Gasteiger partial charge is 0.355 e. The predicted molar refractivity (Wildman–Crippen MR) is 85.8 cm³/mol. The molecule has 116 valence electrons. The highest BCUT2D eigenvalue weighted by Crippen LogP contribution is 2.27. The molecule has 4 heteroatoms. The van der Waals surface area contributed by atoms with E-state index >= 15 is 0 Å². The Morgan fingerprint density at radius 2 is 1.95 bits per heavy atom. The fraction of sp³-hybridized carbons (Fsp3) is 0.588. The van der Waals surface area contributed by atoms with Crippen molar-refractivity contribution in [3.8, 4) is 0 Å². The Morgan fingerprint density at radius 1 is 1.33 bits per heavy atom. The first-order valence-electron chi connectivity index (χ1n) is 7.81. The van der Waals surface area contributed by atoms with Crippen LogP contribution in [-0.4, -0.2) is 25.5 Å². The molecule has 1 heterocycles. The van der Waals surface area contributed by atoms with Gasteiger partial charge in [-0.1, -0.05) is 44.2 Å². The molecule has 2 rings (SSSR count). The second-order valence-corrected chi connectivity index (χ2v) is 6.50. The van der Waals surface area contributed by atoms with Gasteiger partial charge in [-0.15, -0.1) is 0 Å². The molecule has 0 aromatic heterocycles. The summed E-state index contributed by atoms with van der Waals surface area (Å²) in [7, 11) is 0. The molecule has 0 spiro atoms. The molecule has 0 bridgehead atoms. The molecule has 0 aliphatic carbocycles. The van der Waals surface area contributed by atoms with Crippen molar-refractivity contribution in [2.24, 2.45) is 17.1 Å². The second kappa shape index (κ2) is 7.05. The summed E-state index contributed by atoms with van der Waals surface area (Å²) in [4.78, 5) is 12.3. The summed E-state index contributed by atoms with van der Waals surface area (Å²) in [5, 5.41) is 6.45. The summed E-state index contributed by atoms with van der Waals surface area (Å²) >= 11 is 0. The monoisotopic (exact) mass is 289 g/mol. The van der Waals surface area contributed by atoms with Crippen molar-refractivity contribution in [2.45, 2.75) is 32.7 Å². The van der Waals surface area contributed by atoms with Crippen LogP contribution < -0.4 is 16.4 Å². The van der Waals surface area contributed by atoms with Crippen LogP contribution in [0.25, 0.3) is 0 Å². The maximum absolute atomic E-state index is 12.3. The lowest BCUT2D eigenvalue weighted by Crippen LogP contribution is -2.45. The first kappa shape index (κ1) is 16.0. The number of rotatable bonds is 5. The molecule has 2 atom stereocenters. The average Bonchev–Trinajstić information content (AvgIpc) is 2.53. The normalized spacial score (nSPS) is 20.5. The van der Waals surface area contributed by atoms with E-state index in [1.54, 1.807) is 0 Å². The minimum atomic E-state index is -0.257. The SMILES string of the molecule is CC(C(=O)NCC1(C)CCNCC1)C(N)c1ccccc1. The number of piperidine rings is 1. The third kappa shape index (κ3) is 4.29. The first-order valence-corrected chi connectivity index (χ1v) is 7.81. The number of hydrogen-bond donors (Lipinski definition) is 3. The highest BCUT2D eigenvalue weighted by Gasteiger charge is 2.29. The van der Waals surface area contributed by atoms with E-state index in [2.05, 4.69) is 17.6 Å². The zero-order valence-corrected chi connectivity index (χ0v) is 13.1. The van der Waals surface area contributed by atoms with Gasteiger partial charge in [0, 0.05) is 12.6 Å².